The van der Waals surface area contributed by atoms with E-state index in [4.69, 9.17) is 0 Å². The predicted octanol–water partition coefficient (Wildman–Crippen LogP) is 2.89. The van der Waals surface area contributed by atoms with Crippen LogP contribution in [0.3, 0.4) is 0 Å². The minimum absolute atomic E-state index is 0.718. The van der Waals surface area contributed by atoms with E-state index in [-0.39, 0.29) is 0 Å². The van der Waals surface area contributed by atoms with Crippen molar-refractivity contribution in [2.45, 2.75) is 64.5 Å². The minimum Gasteiger partial charge on any atom is -0.317 e. The van der Waals surface area contributed by atoms with Gasteiger partial charge in [-0.05, 0) is 58.4 Å². The van der Waals surface area contributed by atoms with Crippen LogP contribution in [-0.4, -0.2) is 37.1 Å². The molecule has 0 aromatic carbocycles. The molecule has 2 aliphatic rings. The molecule has 0 spiro atoms. The Kier molecular flexibility index (Phi) is 4.87. The van der Waals surface area contributed by atoms with Gasteiger partial charge in [0.25, 0.3) is 0 Å². The van der Waals surface area contributed by atoms with Crippen molar-refractivity contribution in [3.63, 3.8) is 0 Å². The Balaban J connectivity index is 1.85. The molecule has 2 saturated carbocycles. The smallest absolute Gasteiger partial charge is 0.0104 e. The molecule has 0 aromatic heterocycles. The van der Waals surface area contributed by atoms with Crippen LogP contribution in [0.15, 0.2) is 0 Å². The summed E-state index contributed by atoms with van der Waals surface area (Å²) in [6.07, 6.45) is 8.63. The SMILES string of the molecule is CNC1CCCCC1CN(CC1CC1)C(C)C. The summed E-state index contributed by atoms with van der Waals surface area (Å²) in [5.41, 5.74) is 0. The monoisotopic (exact) mass is 238 g/mol. The van der Waals surface area contributed by atoms with Crippen LogP contribution in [0.2, 0.25) is 0 Å². The molecule has 17 heavy (non-hydrogen) atoms. The largest absolute Gasteiger partial charge is 0.317 e. The molecule has 0 aromatic rings. The van der Waals surface area contributed by atoms with Crippen LogP contribution in [0.1, 0.15) is 52.4 Å². The number of nitrogens with one attached hydrogen (secondary N) is 1. The van der Waals surface area contributed by atoms with Crippen LogP contribution in [0, 0.1) is 11.8 Å². The van der Waals surface area contributed by atoms with Crippen molar-refractivity contribution < 1.29 is 0 Å². The fourth-order valence-electron chi connectivity index (χ4n) is 3.24. The van der Waals surface area contributed by atoms with Gasteiger partial charge in [-0.1, -0.05) is 12.8 Å². The van der Waals surface area contributed by atoms with Gasteiger partial charge in [0.05, 0.1) is 0 Å². The molecule has 100 valence electrons. The normalized spacial score (nSPS) is 30.2. The lowest BCUT2D eigenvalue weighted by Gasteiger charge is -2.37. The summed E-state index contributed by atoms with van der Waals surface area (Å²) in [5.74, 6) is 1.91. The van der Waals surface area contributed by atoms with Gasteiger partial charge < -0.3 is 10.2 Å². The zero-order valence-electron chi connectivity index (χ0n) is 11.9. The molecule has 2 heteroatoms. The Hall–Kier alpha value is -0.0800. The maximum absolute atomic E-state index is 3.54. The number of hydrogen-bond donors (Lipinski definition) is 1. The Morgan fingerprint density at radius 1 is 1.06 bits per heavy atom. The average Bonchev–Trinajstić information content (AvgIpc) is 3.12. The molecule has 2 fully saturated rings. The quantitative estimate of drug-likeness (QED) is 0.765. The van der Waals surface area contributed by atoms with Crippen molar-refractivity contribution >= 4 is 0 Å². The van der Waals surface area contributed by atoms with Gasteiger partial charge in [0.15, 0.2) is 0 Å². The first-order valence-electron chi connectivity index (χ1n) is 7.62. The van der Waals surface area contributed by atoms with Gasteiger partial charge in [-0.2, -0.15) is 0 Å². The van der Waals surface area contributed by atoms with Crippen LogP contribution >= 0.6 is 0 Å². The number of hydrogen-bond acceptors (Lipinski definition) is 2. The third-order valence-electron chi connectivity index (χ3n) is 4.67. The highest BCUT2D eigenvalue weighted by Crippen LogP contribution is 2.32. The van der Waals surface area contributed by atoms with E-state index in [0.717, 1.165) is 23.9 Å². The summed E-state index contributed by atoms with van der Waals surface area (Å²) in [5, 5.41) is 3.54. The molecular formula is C15H30N2. The van der Waals surface area contributed by atoms with Gasteiger partial charge in [-0.3, -0.25) is 0 Å². The van der Waals surface area contributed by atoms with Gasteiger partial charge in [0, 0.05) is 25.2 Å². The molecule has 2 nitrogen and oxygen atoms in total. The summed E-state index contributed by atoms with van der Waals surface area (Å²) < 4.78 is 0. The van der Waals surface area contributed by atoms with Crippen molar-refractivity contribution in [1.82, 2.24) is 10.2 Å². The second kappa shape index (κ2) is 6.19. The molecule has 0 heterocycles. The predicted molar refractivity (Wildman–Crippen MR) is 74.2 cm³/mol. The first-order valence-corrected chi connectivity index (χ1v) is 7.62. The average molecular weight is 238 g/mol. The van der Waals surface area contributed by atoms with Gasteiger partial charge in [-0.25, -0.2) is 0 Å². The van der Waals surface area contributed by atoms with E-state index in [1.165, 1.54) is 51.6 Å². The molecule has 2 rings (SSSR count). The second-order valence-corrected chi connectivity index (χ2v) is 6.43. The third-order valence-corrected chi connectivity index (χ3v) is 4.67. The van der Waals surface area contributed by atoms with Crippen molar-refractivity contribution in [2.24, 2.45) is 11.8 Å². The first-order chi connectivity index (χ1) is 8.20. The Morgan fingerprint density at radius 2 is 1.76 bits per heavy atom. The lowest BCUT2D eigenvalue weighted by atomic mass is 9.84. The van der Waals surface area contributed by atoms with Crippen molar-refractivity contribution in [2.75, 3.05) is 20.1 Å². The summed E-state index contributed by atoms with van der Waals surface area (Å²) in [6.45, 7) is 7.39. The van der Waals surface area contributed by atoms with Crippen LogP contribution in [0.5, 0.6) is 0 Å². The highest BCUT2D eigenvalue weighted by Gasteiger charge is 2.30. The highest BCUT2D eigenvalue weighted by atomic mass is 15.2. The van der Waals surface area contributed by atoms with E-state index >= 15 is 0 Å². The lowest BCUT2D eigenvalue weighted by Crippen LogP contribution is -2.45. The van der Waals surface area contributed by atoms with E-state index in [1.807, 2.05) is 0 Å². The highest BCUT2D eigenvalue weighted by molar-refractivity contribution is 4.85. The second-order valence-electron chi connectivity index (χ2n) is 6.43. The maximum atomic E-state index is 3.54. The standard InChI is InChI=1S/C15H30N2/c1-12(2)17(10-13-8-9-13)11-14-6-4-5-7-15(14)16-3/h12-16H,4-11H2,1-3H3. The minimum atomic E-state index is 0.718. The molecule has 0 radical (unpaired) electrons. The number of nitrogens with zero attached hydrogens (tertiary/aromatic N) is 1. The van der Waals surface area contributed by atoms with Crippen molar-refractivity contribution in [3.05, 3.63) is 0 Å². The zero-order chi connectivity index (χ0) is 12.3. The molecule has 0 amide bonds. The summed E-state index contributed by atoms with van der Waals surface area (Å²) in [7, 11) is 2.14. The van der Waals surface area contributed by atoms with Crippen LogP contribution in [0.4, 0.5) is 0 Å². The maximum Gasteiger partial charge on any atom is 0.0104 e. The Labute approximate surface area is 107 Å². The molecule has 0 aliphatic heterocycles. The van der Waals surface area contributed by atoms with Crippen molar-refractivity contribution in [1.29, 1.82) is 0 Å². The first kappa shape index (κ1) is 13.4. The van der Waals surface area contributed by atoms with E-state index in [2.05, 4.69) is 31.1 Å². The van der Waals surface area contributed by atoms with E-state index in [0.29, 0.717) is 0 Å². The van der Waals surface area contributed by atoms with Crippen LogP contribution in [0.25, 0.3) is 0 Å². The van der Waals surface area contributed by atoms with Gasteiger partial charge in [0.2, 0.25) is 0 Å². The van der Waals surface area contributed by atoms with Crippen LogP contribution < -0.4 is 5.32 Å². The zero-order valence-corrected chi connectivity index (χ0v) is 11.9. The van der Waals surface area contributed by atoms with Gasteiger partial charge in [-0.15, -0.1) is 0 Å². The summed E-state index contributed by atoms with van der Waals surface area (Å²) in [4.78, 5) is 2.73. The summed E-state index contributed by atoms with van der Waals surface area (Å²) in [6, 6.07) is 1.49. The molecule has 2 atom stereocenters. The van der Waals surface area contributed by atoms with E-state index in [1.54, 1.807) is 0 Å². The number of rotatable bonds is 6. The molecule has 0 saturated heterocycles. The molecular weight excluding hydrogens is 208 g/mol. The topological polar surface area (TPSA) is 15.3 Å². The fourth-order valence-corrected chi connectivity index (χ4v) is 3.24. The summed E-state index contributed by atoms with van der Waals surface area (Å²) >= 11 is 0. The molecule has 2 unspecified atom stereocenters. The Morgan fingerprint density at radius 3 is 2.35 bits per heavy atom. The van der Waals surface area contributed by atoms with Crippen molar-refractivity contribution in [3.8, 4) is 0 Å². The Bertz CT molecular complexity index is 223. The molecule has 2 aliphatic carbocycles. The molecule has 0 bridgehead atoms. The van der Waals surface area contributed by atoms with Crippen LogP contribution in [-0.2, 0) is 0 Å². The van der Waals surface area contributed by atoms with Gasteiger partial charge in [0.1, 0.15) is 0 Å². The van der Waals surface area contributed by atoms with Gasteiger partial charge >= 0.3 is 0 Å². The fraction of sp³-hybridized carbons (Fsp3) is 1.00. The van der Waals surface area contributed by atoms with E-state index < -0.39 is 0 Å². The molecule has 1 N–H and O–H groups in total. The van der Waals surface area contributed by atoms with E-state index in [9.17, 15) is 0 Å². The lowest BCUT2D eigenvalue weighted by molar-refractivity contribution is 0.139. The third kappa shape index (κ3) is 3.96.